The summed E-state index contributed by atoms with van der Waals surface area (Å²) in [6.07, 6.45) is 2.46. The van der Waals surface area contributed by atoms with Gasteiger partial charge < -0.3 is 5.32 Å². The lowest BCUT2D eigenvalue weighted by molar-refractivity contribution is -0.122. The number of primary sulfonamides is 1. The van der Waals surface area contributed by atoms with Gasteiger partial charge in [-0.2, -0.15) is 0 Å². The molecule has 0 spiro atoms. The van der Waals surface area contributed by atoms with Crippen LogP contribution in [0, 0.1) is 0 Å². The van der Waals surface area contributed by atoms with Gasteiger partial charge in [0, 0.05) is 6.54 Å². The van der Waals surface area contributed by atoms with E-state index >= 15 is 0 Å². The first kappa shape index (κ1) is 13.0. The smallest absolute Gasteiger partial charge is 0.238 e. The highest BCUT2D eigenvalue weighted by atomic mass is 32.2. The molecule has 1 aliphatic rings. The van der Waals surface area contributed by atoms with Crippen LogP contribution in [0.3, 0.4) is 0 Å². The third-order valence-corrected chi connectivity index (χ3v) is 4.12. The van der Waals surface area contributed by atoms with Gasteiger partial charge in [0.25, 0.3) is 0 Å². The number of hydrogen-bond donors (Lipinski definition) is 2. The summed E-state index contributed by atoms with van der Waals surface area (Å²) in [4.78, 5) is 12.0. The summed E-state index contributed by atoms with van der Waals surface area (Å²) in [5, 5.41) is 7.99. The van der Waals surface area contributed by atoms with Gasteiger partial charge in [-0.05, 0) is 24.5 Å². The van der Waals surface area contributed by atoms with Crippen LogP contribution >= 0.6 is 0 Å². The SMILES string of the molecule is NS(=O)(=O)c1ccccc1[C@H]1CCCCNC1=O. The van der Waals surface area contributed by atoms with Crippen LogP contribution in [0.15, 0.2) is 29.2 Å². The number of nitrogens with one attached hydrogen (secondary N) is 1. The molecule has 0 aromatic heterocycles. The lowest BCUT2D eigenvalue weighted by Crippen LogP contribution is -2.29. The molecule has 0 unspecified atom stereocenters. The standard InChI is InChI=1S/C12H16N2O3S/c13-18(16,17)11-7-2-1-5-9(11)10-6-3-4-8-14-12(10)15/h1-2,5,7,10H,3-4,6,8H2,(H,14,15)(H2,13,16,17)/t10-/m1/s1. The highest BCUT2D eigenvalue weighted by Gasteiger charge is 2.27. The van der Waals surface area contributed by atoms with E-state index in [4.69, 9.17) is 5.14 Å². The minimum atomic E-state index is -3.80. The molecular weight excluding hydrogens is 252 g/mol. The Morgan fingerprint density at radius 3 is 2.67 bits per heavy atom. The highest BCUT2D eigenvalue weighted by molar-refractivity contribution is 7.89. The molecule has 5 nitrogen and oxygen atoms in total. The molecule has 1 aromatic carbocycles. The number of nitrogens with two attached hydrogens (primary N) is 1. The van der Waals surface area contributed by atoms with E-state index in [1.807, 2.05) is 0 Å². The van der Waals surface area contributed by atoms with E-state index in [2.05, 4.69) is 5.32 Å². The summed E-state index contributed by atoms with van der Waals surface area (Å²) in [7, 11) is -3.80. The van der Waals surface area contributed by atoms with Crippen LogP contribution in [0.2, 0.25) is 0 Å². The molecule has 1 fully saturated rings. The number of carbonyl (C=O) groups excluding carboxylic acids is 1. The van der Waals surface area contributed by atoms with E-state index in [9.17, 15) is 13.2 Å². The van der Waals surface area contributed by atoms with Crippen molar-refractivity contribution in [3.05, 3.63) is 29.8 Å². The Hall–Kier alpha value is -1.40. The number of carbonyl (C=O) groups is 1. The topological polar surface area (TPSA) is 89.3 Å². The van der Waals surface area contributed by atoms with Crippen molar-refractivity contribution in [2.45, 2.75) is 30.1 Å². The first-order valence-corrected chi connectivity index (χ1v) is 7.44. The summed E-state index contributed by atoms with van der Waals surface area (Å²) in [5.41, 5.74) is 0.499. The van der Waals surface area contributed by atoms with Gasteiger partial charge in [0.1, 0.15) is 0 Å². The van der Waals surface area contributed by atoms with Crippen molar-refractivity contribution in [2.75, 3.05) is 6.54 Å². The summed E-state index contributed by atoms with van der Waals surface area (Å²) >= 11 is 0. The molecule has 1 aliphatic heterocycles. The number of hydrogen-bond acceptors (Lipinski definition) is 3. The first-order valence-electron chi connectivity index (χ1n) is 5.89. The van der Waals surface area contributed by atoms with Crippen LogP contribution < -0.4 is 10.5 Å². The van der Waals surface area contributed by atoms with Crippen LogP contribution in [-0.2, 0) is 14.8 Å². The van der Waals surface area contributed by atoms with Gasteiger partial charge in [-0.15, -0.1) is 0 Å². The maximum absolute atomic E-state index is 11.9. The van der Waals surface area contributed by atoms with E-state index in [1.165, 1.54) is 6.07 Å². The molecule has 1 atom stereocenters. The highest BCUT2D eigenvalue weighted by Crippen LogP contribution is 2.29. The quantitative estimate of drug-likeness (QED) is 0.828. The minimum absolute atomic E-state index is 0.0482. The monoisotopic (exact) mass is 268 g/mol. The second-order valence-electron chi connectivity index (χ2n) is 4.42. The Labute approximate surface area is 106 Å². The average Bonchev–Trinajstić information content (AvgIpc) is 2.53. The Morgan fingerprint density at radius 1 is 1.22 bits per heavy atom. The number of benzene rings is 1. The summed E-state index contributed by atoms with van der Waals surface area (Å²) < 4.78 is 23.1. The Bertz CT molecular complexity index is 554. The molecule has 1 heterocycles. The molecular formula is C12H16N2O3S. The van der Waals surface area contributed by atoms with E-state index in [-0.39, 0.29) is 10.8 Å². The zero-order valence-electron chi connectivity index (χ0n) is 9.93. The van der Waals surface area contributed by atoms with Crippen molar-refractivity contribution >= 4 is 15.9 Å². The fraction of sp³-hybridized carbons (Fsp3) is 0.417. The van der Waals surface area contributed by atoms with Crippen molar-refractivity contribution < 1.29 is 13.2 Å². The Balaban J connectivity index is 2.47. The molecule has 1 amide bonds. The van der Waals surface area contributed by atoms with Gasteiger partial charge >= 0.3 is 0 Å². The van der Waals surface area contributed by atoms with E-state index in [0.29, 0.717) is 18.5 Å². The van der Waals surface area contributed by atoms with Gasteiger partial charge in [0.05, 0.1) is 10.8 Å². The van der Waals surface area contributed by atoms with Crippen molar-refractivity contribution in [1.29, 1.82) is 0 Å². The first-order chi connectivity index (χ1) is 8.50. The van der Waals surface area contributed by atoms with E-state index < -0.39 is 15.9 Å². The van der Waals surface area contributed by atoms with Crippen molar-refractivity contribution in [3.63, 3.8) is 0 Å². The molecule has 3 N–H and O–H groups in total. The molecule has 1 aromatic rings. The van der Waals surface area contributed by atoms with Gasteiger partial charge in [-0.3, -0.25) is 4.79 Å². The lowest BCUT2D eigenvalue weighted by Gasteiger charge is -2.16. The molecule has 0 radical (unpaired) electrons. The summed E-state index contributed by atoms with van der Waals surface area (Å²) in [6.45, 7) is 0.646. The zero-order valence-corrected chi connectivity index (χ0v) is 10.7. The van der Waals surface area contributed by atoms with E-state index in [1.54, 1.807) is 18.2 Å². The van der Waals surface area contributed by atoms with Gasteiger partial charge in [-0.1, -0.05) is 24.6 Å². The predicted octanol–water partition coefficient (Wildman–Crippen LogP) is 0.718. The minimum Gasteiger partial charge on any atom is -0.356 e. The van der Waals surface area contributed by atoms with Crippen molar-refractivity contribution in [3.8, 4) is 0 Å². The second-order valence-corrected chi connectivity index (χ2v) is 5.95. The fourth-order valence-electron chi connectivity index (χ4n) is 2.26. The van der Waals surface area contributed by atoms with Gasteiger partial charge in [0.2, 0.25) is 15.9 Å². The number of amides is 1. The average molecular weight is 268 g/mol. The molecule has 6 heteroatoms. The second kappa shape index (κ2) is 5.07. The lowest BCUT2D eigenvalue weighted by atomic mass is 9.94. The maximum Gasteiger partial charge on any atom is 0.238 e. The molecule has 1 saturated heterocycles. The summed E-state index contributed by atoms with van der Waals surface area (Å²) in [6, 6.07) is 6.44. The number of sulfonamides is 1. The summed E-state index contributed by atoms with van der Waals surface area (Å²) in [5.74, 6) is -0.550. The predicted molar refractivity (Wildman–Crippen MR) is 67.4 cm³/mol. The van der Waals surface area contributed by atoms with Crippen LogP contribution in [0.5, 0.6) is 0 Å². The third kappa shape index (κ3) is 2.70. The largest absolute Gasteiger partial charge is 0.356 e. The molecule has 0 bridgehead atoms. The molecule has 0 aliphatic carbocycles. The van der Waals surface area contributed by atoms with Crippen LogP contribution in [0.25, 0.3) is 0 Å². The van der Waals surface area contributed by atoms with Crippen LogP contribution in [0.1, 0.15) is 30.7 Å². The van der Waals surface area contributed by atoms with Crippen molar-refractivity contribution in [1.82, 2.24) is 5.32 Å². The normalized spacial score (nSPS) is 21.2. The molecule has 18 heavy (non-hydrogen) atoms. The molecule has 0 saturated carbocycles. The Kier molecular flexibility index (Phi) is 3.68. The zero-order chi connectivity index (χ0) is 13.2. The van der Waals surface area contributed by atoms with Crippen LogP contribution in [0.4, 0.5) is 0 Å². The maximum atomic E-state index is 11.9. The Morgan fingerprint density at radius 2 is 1.94 bits per heavy atom. The third-order valence-electron chi connectivity index (χ3n) is 3.14. The van der Waals surface area contributed by atoms with E-state index in [0.717, 1.165) is 12.8 Å². The number of rotatable bonds is 2. The van der Waals surface area contributed by atoms with Crippen LogP contribution in [-0.4, -0.2) is 20.9 Å². The van der Waals surface area contributed by atoms with Gasteiger partial charge in [0.15, 0.2) is 0 Å². The van der Waals surface area contributed by atoms with Crippen molar-refractivity contribution in [2.24, 2.45) is 5.14 Å². The van der Waals surface area contributed by atoms with Gasteiger partial charge in [-0.25, -0.2) is 13.6 Å². The molecule has 98 valence electrons. The fourth-order valence-corrected chi connectivity index (χ4v) is 3.07. The molecule has 2 rings (SSSR count).